The molecule has 1 aliphatic heterocycles. The van der Waals surface area contributed by atoms with E-state index in [0.717, 1.165) is 0 Å². The minimum Gasteiger partial charge on any atom is -0.330 e. The first-order chi connectivity index (χ1) is 7.47. The number of nitrogens with zero attached hydrogens (tertiary/aromatic N) is 1. The van der Waals surface area contributed by atoms with Gasteiger partial charge in [-0.3, -0.25) is 0 Å². The average molecular weight is 223 g/mol. The topological polar surface area (TPSA) is 107 Å². The molecule has 0 saturated carbocycles. The van der Waals surface area contributed by atoms with E-state index in [1.54, 1.807) is 0 Å². The van der Waals surface area contributed by atoms with Crippen LogP contribution in [0.2, 0.25) is 0 Å². The molecule has 82 valence electrons. The fourth-order valence-electron chi connectivity index (χ4n) is 1.49. The van der Waals surface area contributed by atoms with Gasteiger partial charge in [0.25, 0.3) is 0 Å². The van der Waals surface area contributed by atoms with Crippen LogP contribution in [0.1, 0.15) is 20.7 Å². The second-order valence-corrected chi connectivity index (χ2v) is 3.14. The van der Waals surface area contributed by atoms with Gasteiger partial charge >= 0.3 is 17.9 Å². The van der Waals surface area contributed by atoms with Crippen molar-refractivity contribution in [3.05, 3.63) is 35.4 Å². The van der Waals surface area contributed by atoms with E-state index < -0.39 is 22.7 Å². The number of imide groups is 1. The zero-order chi connectivity index (χ0) is 11.9. The average Bonchev–Trinajstić information content (AvgIpc) is 2.42. The molecule has 0 aliphatic carbocycles. The molecule has 1 aromatic carbocycles. The summed E-state index contributed by atoms with van der Waals surface area (Å²) in [5, 5.41) is 9.64. The summed E-state index contributed by atoms with van der Waals surface area (Å²) < 4.78 is 0. The Hall–Kier alpha value is -2.25. The van der Waals surface area contributed by atoms with Crippen LogP contribution in [-0.4, -0.2) is 27.9 Å². The third-order valence-corrected chi connectivity index (χ3v) is 2.16. The highest BCUT2D eigenvalue weighted by Crippen LogP contribution is 2.28. The van der Waals surface area contributed by atoms with Gasteiger partial charge in [0.2, 0.25) is 0 Å². The maximum Gasteiger partial charge on any atom is 0.465 e. The van der Waals surface area contributed by atoms with Gasteiger partial charge in [0.1, 0.15) is 15.9 Å². The molecule has 16 heavy (non-hydrogen) atoms. The lowest BCUT2D eigenvalue weighted by molar-refractivity contribution is -1.11. The number of hydrogen-bond acceptors (Lipinski definition) is 5. The van der Waals surface area contributed by atoms with Crippen molar-refractivity contribution in [1.82, 2.24) is 0 Å². The SMILES string of the molecule is NC(=O)O[N+]1(O)C(=O)c2ccccc2C1=O. The number of carbonyl (C=O) groups is 3. The maximum atomic E-state index is 11.6. The van der Waals surface area contributed by atoms with Crippen LogP contribution < -0.4 is 5.73 Å². The molecule has 0 radical (unpaired) electrons. The molecule has 0 saturated heterocycles. The Labute approximate surface area is 89.1 Å². The number of hydrogen-bond donors (Lipinski definition) is 2. The molecule has 1 aromatic rings. The summed E-state index contributed by atoms with van der Waals surface area (Å²) in [5.74, 6) is -2.08. The Kier molecular flexibility index (Phi) is 2.00. The Morgan fingerprint density at radius 3 is 2.00 bits per heavy atom. The molecule has 7 nitrogen and oxygen atoms in total. The van der Waals surface area contributed by atoms with Gasteiger partial charge in [0.05, 0.1) is 0 Å². The number of quaternary nitrogens is 1. The van der Waals surface area contributed by atoms with E-state index in [1.165, 1.54) is 24.3 Å². The van der Waals surface area contributed by atoms with Crippen molar-refractivity contribution in [3.63, 3.8) is 0 Å². The van der Waals surface area contributed by atoms with Crippen molar-refractivity contribution >= 4 is 17.9 Å². The number of carbonyl (C=O) groups excluding carboxylic acids is 3. The van der Waals surface area contributed by atoms with Crippen molar-refractivity contribution in [2.24, 2.45) is 5.73 Å². The van der Waals surface area contributed by atoms with E-state index in [2.05, 4.69) is 10.6 Å². The molecule has 0 fully saturated rings. The summed E-state index contributed by atoms with van der Waals surface area (Å²) in [6.45, 7) is 0. The quantitative estimate of drug-likeness (QED) is 0.401. The van der Waals surface area contributed by atoms with Gasteiger partial charge in [-0.1, -0.05) is 12.1 Å². The van der Waals surface area contributed by atoms with Crippen molar-refractivity contribution < 1.29 is 29.2 Å². The lowest BCUT2D eigenvalue weighted by atomic mass is 10.1. The molecular formula is C9H7N2O5+. The van der Waals surface area contributed by atoms with Gasteiger partial charge in [-0.15, -0.1) is 0 Å². The molecule has 3 N–H and O–H groups in total. The van der Waals surface area contributed by atoms with E-state index in [4.69, 9.17) is 0 Å². The smallest absolute Gasteiger partial charge is 0.330 e. The van der Waals surface area contributed by atoms with Crippen LogP contribution in [0.25, 0.3) is 0 Å². The Bertz CT molecular complexity index is 475. The van der Waals surface area contributed by atoms with E-state index >= 15 is 0 Å². The summed E-state index contributed by atoms with van der Waals surface area (Å²) in [4.78, 5) is 35.8. The minimum absolute atomic E-state index is 0.0174. The first-order valence-corrected chi connectivity index (χ1v) is 4.26. The van der Waals surface area contributed by atoms with Gasteiger partial charge < -0.3 is 5.73 Å². The Morgan fingerprint density at radius 2 is 1.62 bits per heavy atom. The third-order valence-electron chi connectivity index (χ3n) is 2.16. The molecule has 0 atom stereocenters. The van der Waals surface area contributed by atoms with Gasteiger partial charge in [0, 0.05) is 0 Å². The van der Waals surface area contributed by atoms with Gasteiger partial charge in [-0.05, 0) is 12.1 Å². The number of hydroxylamine groups is 4. The van der Waals surface area contributed by atoms with E-state index in [1.807, 2.05) is 0 Å². The molecule has 1 heterocycles. The lowest BCUT2D eigenvalue weighted by Gasteiger charge is -2.13. The summed E-state index contributed by atoms with van der Waals surface area (Å²) >= 11 is 0. The molecule has 0 spiro atoms. The summed E-state index contributed by atoms with van der Waals surface area (Å²) in [6.07, 6.45) is -1.42. The van der Waals surface area contributed by atoms with Gasteiger partial charge in [-0.25, -0.2) is 19.2 Å². The first-order valence-electron chi connectivity index (χ1n) is 4.26. The van der Waals surface area contributed by atoms with Crippen LogP contribution in [-0.2, 0) is 4.84 Å². The first kappa shape index (κ1) is 10.3. The summed E-state index contributed by atoms with van der Waals surface area (Å²) in [5.41, 5.74) is 4.64. The zero-order valence-electron chi connectivity index (χ0n) is 7.91. The third kappa shape index (κ3) is 1.19. The number of rotatable bonds is 1. The van der Waals surface area contributed by atoms with E-state index in [9.17, 15) is 19.6 Å². The Morgan fingerprint density at radius 1 is 1.19 bits per heavy atom. The molecule has 0 bridgehead atoms. The molecule has 2 rings (SSSR count). The normalized spacial score (nSPS) is 17.1. The van der Waals surface area contributed by atoms with Crippen molar-refractivity contribution in [1.29, 1.82) is 0 Å². The van der Waals surface area contributed by atoms with Crippen LogP contribution in [0.3, 0.4) is 0 Å². The summed E-state index contributed by atoms with van der Waals surface area (Å²) in [6, 6.07) is 5.72. The van der Waals surface area contributed by atoms with Crippen molar-refractivity contribution in [3.8, 4) is 0 Å². The minimum atomic E-state index is -2.09. The number of nitrogens with two attached hydrogens (primary N) is 1. The Balaban J connectivity index is 2.53. The highest BCUT2D eigenvalue weighted by molar-refractivity contribution is 6.12. The van der Waals surface area contributed by atoms with E-state index in [0.29, 0.717) is 0 Å². The fourth-order valence-corrected chi connectivity index (χ4v) is 1.49. The lowest BCUT2D eigenvalue weighted by Crippen LogP contribution is -2.52. The molecular weight excluding hydrogens is 216 g/mol. The predicted molar refractivity (Wildman–Crippen MR) is 47.8 cm³/mol. The number of benzene rings is 1. The van der Waals surface area contributed by atoms with Gasteiger partial charge in [0.15, 0.2) is 0 Å². The zero-order valence-corrected chi connectivity index (χ0v) is 7.91. The number of fused-ring (bicyclic) bond motifs is 1. The maximum absolute atomic E-state index is 11.6. The molecule has 0 aromatic heterocycles. The van der Waals surface area contributed by atoms with Crippen molar-refractivity contribution in [2.45, 2.75) is 0 Å². The van der Waals surface area contributed by atoms with Gasteiger partial charge in [-0.2, -0.15) is 5.21 Å². The standard InChI is InChI=1S/C9H6N2O5/c10-9(14)16-11(15)7(12)5-3-1-2-4-6(5)8(11)13/h1-4,15H,(H-,10,14)/p+1. The van der Waals surface area contributed by atoms with E-state index in [-0.39, 0.29) is 11.1 Å². The van der Waals surface area contributed by atoms with Crippen LogP contribution in [0, 0.1) is 0 Å². The molecule has 1 aliphatic rings. The fraction of sp³-hybridized carbons (Fsp3) is 0. The molecule has 0 unspecified atom stereocenters. The summed E-state index contributed by atoms with van der Waals surface area (Å²) in [7, 11) is 0. The molecule has 7 heteroatoms. The largest absolute Gasteiger partial charge is 0.465 e. The second kappa shape index (κ2) is 3.12. The monoisotopic (exact) mass is 223 g/mol. The predicted octanol–water partition coefficient (Wildman–Crippen LogP) is 0.197. The van der Waals surface area contributed by atoms with Crippen molar-refractivity contribution in [2.75, 3.05) is 0 Å². The van der Waals surface area contributed by atoms with Crippen LogP contribution in [0.15, 0.2) is 24.3 Å². The van der Waals surface area contributed by atoms with Crippen LogP contribution in [0.5, 0.6) is 0 Å². The number of primary amides is 1. The highest BCUT2D eigenvalue weighted by Gasteiger charge is 2.59. The number of amides is 3. The van der Waals surface area contributed by atoms with Crippen LogP contribution in [0.4, 0.5) is 4.79 Å². The highest BCUT2D eigenvalue weighted by atomic mass is 17.0. The molecule has 3 amide bonds. The second-order valence-electron chi connectivity index (χ2n) is 3.14. The van der Waals surface area contributed by atoms with Crippen LogP contribution >= 0.6 is 0 Å².